The van der Waals surface area contributed by atoms with Crippen LogP contribution in [0, 0.1) is 0 Å². The molecule has 0 aliphatic rings. The van der Waals surface area contributed by atoms with Gasteiger partial charge in [-0.2, -0.15) is 0 Å². The van der Waals surface area contributed by atoms with Gasteiger partial charge in [-0.05, 0) is 68.8 Å². The molecule has 1 aromatic heterocycles. The van der Waals surface area contributed by atoms with E-state index >= 15 is 0 Å². The number of benzene rings is 2. The van der Waals surface area contributed by atoms with Crippen LogP contribution >= 0.6 is 0 Å². The van der Waals surface area contributed by atoms with E-state index in [1.165, 1.54) is 0 Å². The summed E-state index contributed by atoms with van der Waals surface area (Å²) in [7, 11) is 0. The predicted octanol–water partition coefficient (Wildman–Crippen LogP) is 4.26. The van der Waals surface area contributed by atoms with Crippen molar-refractivity contribution in [2.45, 2.75) is 39.3 Å². The Morgan fingerprint density at radius 3 is 2.24 bits per heavy atom. The van der Waals surface area contributed by atoms with Crippen LogP contribution in [0.1, 0.15) is 43.1 Å². The summed E-state index contributed by atoms with van der Waals surface area (Å²) in [5, 5.41) is 8.29. The molecular formula is C26H30N4O4. The Morgan fingerprint density at radius 2 is 1.56 bits per heavy atom. The molecule has 3 N–H and O–H groups in total. The predicted molar refractivity (Wildman–Crippen MR) is 131 cm³/mol. The van der Waals surface area contributed by atoms with Gasteiger partial charge in [0.25, 0.3) is 5.91 Å². The number of nitrogens with zero attached hydrogens (tertiary/aromatic N) is 1. The second-order valence-electron chi connectivity index (χ2n) is 8.70. The number of para-hydroxylation sites is 1. The minimum absolute atomic E-state index is 0.0910. The fourth-order valence-electron chi connectivity index (χ4n) is 3.17. The molecule has 0 aliphatic carbocycles. The van der Waals surface area contributed by atoms with Crippen molar-refractivity contribution in [1.82, 2.24) is 15.2 Å². The van der Waals surface area contributed by atoms with Crippen LogP contribution in [0.4, 0.5) is 10.5 Å². The summed E-state index contributed by atoms with van der Waals surface area (Å²) in [6.45, 7) is 5.72. The molecule has 1 heterocycles. The van der Waals surface area contributed by atoms with Crippen LogP contribution in [0.15, 0.2) is 73.1 Å². The van der Waals surface area contributed by atoms with E-state index in [0.29, 0.717) is 11.3 Å². The van der Waals surface area contributed by atoms with Gasteiger partial charge in [0, 0.05) is 48.8 Å². The average molecular weight is 463 g/mol. The highest BCUT2D eigenvalue weighted by Gasteiger charge is 2.16. The van der Waals surface area contributed by atoms with Gasteiger partial charge in [-0.25, -0.2) is 4.79 Å². The average Bonchev–Trinajstić information content (AvgIpc) is 3.32. The zero-order chi connectivity index (χ0) is 24.6. The standard InChI is InChI=1S/C26H30N4O4/c1-26(2,3)34-25(33)27-15-14-23(31)29-22-9-5-4-8-20(22)18-28-24(32)19-10-12-21(13-11-19)30-16-6-7-17-30/h4-13,16-17H,14-15,18H2,1-3H3,(H,27,33)(H,28,32)(H,29,31). The molecule has 0 bridgehead atoms. The van der Waals surface area contributed by atoms with Crippen LogP contribution < -0.4 is 16.0 Å². The minimum Gasteiger partial charge on any atom is -0.444 e. The van der Waals surface area contributed by atoms with Gasteiger partial charge >= 0.3 is 6.09 Å². The fraction of sp³-hybridized carbons (Fsp3) is 0.269. The first kappa shape index (κ1) is 24.6. The Morgan fingerprint density at radius 1 is 0.882 bits per heavy atom. The zero-order valence-corrected chi connectivity index (χ0v) is 19.6. The molecule has 0 atom stereocenters. The van der Waals surface area contributed by atoms with Crippen LogP contribution in [-0.2, 0) is 16.1 Å². The van der Waals surface area contributed by atoms with Gasteiger partial charge in [-0.3, -0.25) is 9.59 Å². The summed E-state index contributed by atoms with van der Waals surface area (Å²) in [6, 6.07) is 18.4. The second kappa shape index (κ2) is 11.2. The number of alkyl carbamates (subject to hydrolysis) is 1. The molecule has 2 aromatic carbocycles. The third-order valence-corrected chi connectivity index (χ3v) is 4.78. The maximum Gasteiger partial charge on any atom is 0.407 e. The Labute approximate surface area is 199 Å². The molecule has 0 spiro atoms. The monoisotopic (exact) mass is 462 g/mol. The summed E-state index contributed by atoms with van der Waals surface area (Å²) in [4.78, 5) is 36.6. The third kappa shape index (κ3) is 7.51. The van der Waals surface area contributed by atoms with Gasteiger partial charge in [0.1, 0.15) is 5.60 Å². The van der Waals surface area contributed by atoms with Crippen molar-refractivity contribution in [3.8, 4) is 5.69 Å². The van der Waals surface area contributed by atoms with Crippen molar-refractivity contribution in [2.24, 2.45) is 0 Å². The Hall–Kier alpha value is -4.07. The van der Waals surface area contributed by atoms with Crippen molar-refractivity contribution in [3.05, 3.63) is 84.2 Å². The Kier molecular flexibility index (Phi) is 8.08. The highest BCUT2D eigenvalue weighted by molar-refractivity contribution is 5.95. The molecule has 0 unspecified atom stereocenters. The molecule has 3 aromatic rings. The number of hydrogen-bond donors (Lipinski definition) is 3. The molecule has 3 rings (SSSR count). The molecule has 0 fully saturated rings. The topological polar surface area (TPSA) is 101 Å². The molecule has 8 heteroatoms. The number of carbonyl (C=O) groups is 3. The summed E-state index contributed by atoms with van der Waals surface area (Å²) in [5.74, 6) is -0.461. The van der Waals surface area contributed by atoms with Crippen LogP contribution in [0.5, 0.6) is 0 Å². The highest BCUT2D eigenvalue weighted by Crippen LogP contribution is 2.16. The lowest BCUT2D eigenvalue weighted by atomic mass is 10.1. The number of rotatable bonds is 8. The Bertz CT molecular complexity index is 1120. The van der Waals surface area contributed by atoms with E-state index in [-0.39, 0.29) is 31.3 Å². The van der Waals surface area contributed by atoms with Gasteiger partial charge in [-0.15, -0.1) is 0 Å². The highest BCUT2D eigenvalue weighted by atomic mass is 16.6. The first-order valence-corrected chi connectivity index (χ1v) is 11.1. The first-order chi connectivity index (χ1) is 16.2. The van der Waals surface area contributed by atoms with Gasteiger partial charge in [-0.1, -0.05) is 18.2 Å². The van der Waals surface area contributed by atoms with Crippen LogP contribution in [-0.4, -0.2) is 34.6 Å². The van der Waals surface area contributed by atoms with Crippen molar-refractivity contribution >= 4 is 23.6 Å². The van der Waals surface area contributed by atoms with Crippen molar-refractivity contribution in [1.29, 1.82) is 0 Å². The van der Waals surface area contributed by atoms with E-state index in [4.69, 9.17) is 4.74 Å². The maximum absolute atomic E-state index is 12.6. The molecule has 34 heavy (non-hydrogen) atoms. The van der Waals surface area contributed by atoms with Crippen LogP contribution in [0.3, 0.4) is 0 Å². The molecule has 8 nitrogen and oxygen atoms in total. The van der Waals surface area contributed by atoms with E-state index in [0.717, 1.165) is 11.3 Å². The maximum atomic E-state index is 12.6. The number of amides is 3. The van der Waals surface area contributed by atoms with Crippen LogP contribution in [0.2, 0.25) is 0 Å². The van der Waals surface area contributed by atoms with E-state index in [1.807, 2.05) is 53.4 Å². The Balaban J connectivity index is 1.50. The lowest BCUT2D eigenvalue weighted by Gasteiger charge is -2.19. The summed E-state index contributed by atoms with van der Waals surface area (Å²) in [6.07, 6.45) is 3.40. The number of ether oxygens (including phenoxy) is 1. The first-order valence-electron chi connectivity index (χ1n) is 11.1. The lowest BCUT2D eigenvalue weighted by Crippen LogP contribution is -2.34. The number of hydrogen-bond acceptors (Lipinski definition) is 4. The van der Waals surface area contributed by atoms with E-state index in [1.54, 1.807) is 45.0 Å². The molecule has 178 valence electrons. The quantitative estimate of drug-likeness (QED) is 0.466. The smallest absolute Gasteiger partial charge is 0.407 e. The number of aromatic nitrogens is 1. The molecule has 0 saturated carbocycles. The van der Waals surface area contributed by atoms with Gasteiger partial charge < -0.3 is 25.3 Å². The fourth-order valence-corrected chi connectivity index (χ4v) is 3.17. The second-order valence-corrected chi connectivity index (χ2v) is 8.70. The van der Waals surface area contributed by atoms with E-state index in [2.05, 4.69) is 16.0 Å². The molecule has 0 saturated heterocycles. The number of carbonyl (C=O) groups excluding carboxylic acids is 3. The number of anilines is 1. The lowest BCUT2D eigenvalue weighted by molar-refractivity contribution is -0.116. The van der Waals surface area contributed by atoms with Crippen molar-refractivity contribution in [3.63, 3.8) is 0 Å². The summed E-state index contributed by atoms with van der Waals surface area (Å²) < 4.78 is 7.11. The molecule has 0 aliphatic heterocycles. The van der Waals surface area contributed by atoms with Crippen molar-refractivity contribution < 1.29 is 19.1 Å². The van der Waals surface area contributed by atoms with Gasteiger partial charge in [0.05, 0.1) is 0 Å². The largest absolute Gasteiger partial charge is 0.444 e. The summed E-state index contributed by atoms with van der Waals surface area (Å²) in [5.41, 5.74) is 2.29. The molecule has 3 amide bonds. The minimum atomic E-state index is -0.597. The van der Waals surface area contributed by atoms with Crippen molar-refractivity contribution in [2.75, 3.05) is 11.9 Å². The summed E-state index contributed by atoms with van der Waals surface area (Å²) >= 11 is 0. The third-order valence-electron chi connectivity index (χ3n) is 4.78. The van der Waals surface area contributed by atoms with Gasteiger partial charge in [0.2, 0.25) is 5.91 Å². The van der Waals surface area contributed by atoms with Crippen LogP contribution in [0.25, 0.3) is 5.69 Å². The SMILES string of the molecule is CC(C)(C)OC(=O)NCCC(=O)Nc1ccccc1CNC(=O)c1ccc(-n2cccc2)cc1. The molecule has 0 radical (unpaired) electrons. The zero-order valence-electron chi connectivity index (χ0n) is 19.6. The van der Waals surface area contributed by atoms with Gasteiger partial charge in [0.15, 0.2) is 0 Å². The van der Waals surface area contributed by atoms with E-state index in [9.17, 15) is 14.4 Å². The van der Waals surface area contributed by atoms with E-state index < -0.39 is 11.7 Å². The normalized spacial score (nSPS) is 10.9. The number of nitrogens with one attached hydrogen (secondary N) is 3. The molecular weight excluding hydrogens is 432 g/mol.